The summed E-state index contributed by atoms with van der Waals surface area (Å²) in [7, 11) is 0. The van der Waals surface area contributed by atoms with E-state index in [1.54, 1.807) is 29.2 Å². The van der Waals surface area contributed by atoms with Crippen molar-refractivity contribution in [2.24, 2.45) is 0 Å². The molecule has 1 aromatic rings. The lowest BCUT2D eigenvalue weighted by Gasteiger charge is -2.22. The Hall–Kier alpha value is -2.61. The quantitative estimate of drug-likeness (QED) is 0.863. The number of carbonyl (C=O) groups excluding carboxylic acids is 2. The average molecular weight is 309 g/mol. The number of nitriles is 1. The normalized spacial score (nSPS) is 20.5. The Labute approximate surface area is 135 Å². The van der Waals surface area contributed by atoms with E-state index in [0.29, 0.717) is 18.2 Å². The lowest BCUT2D eigenvalue weighted by atomic mass is 10.1. The van der Waals surface area contributed by atoms with Gasteiger partial charge in [-0.05, 0) is 49.5 Å². The summed E-state index contributed by atoms with van der Waals surface area (Å²) in [4.78, 5) is 26.2. The number of carbonyl (C=O) groups is 2. The number of nitrogens with one attached hydrogen (secondary N) is 1. The Morgan fingerprint density at radius 2 is 2.13 bits per heavy atom. The van der Waals surface area contributed by atoms with E-state index in [0.717, 1.165) is 31.2 Å². The number of hydrogen-bond donors (Lipinski definition) is 1. The van der Waals surface area contributed by atoms with Crippen molar-refractivity contribution in [2.75, 3.05) is 6.54 Å². The molecular formula is C18H19N3O2. The third-order valence-electron chi connectivity index (χ3n) is 4.20. The first kappa shape index (κ1) is 15.3. The smallest absolute Gasteiger partial charge is 0.247 e. The van der Waals surface area contributed by atoms with Gasteiger partial charge in [0.05, 0.1) is 11.6 Å². The molecule has 1 aromatic carbocycles. The van der Waals surface area contributed by atoms with E-state index in [1.165, 1.54) is 6.08 Å². The molecule has 1 atom stereocenters. The molecule has 1 saturated heterocycles. The van der Waals surface area contributed by atoms with Crippen molar-refractivity contribution in [3.8, 4) is 6.07 Å². The summed E-state index contributed by atoms with van der Waals surface area (Å²) in [6.45, 7) is 0.615. The highest BCUT2D eigenvalue weighted by molar-refractivity contribution is 5.96. The predicted octanol–water partition coefficient (Wildman–Crippen LogP) is 1.84. The fraction of sp³-hybridized carbons (Fsp3) is 0.389. The number of rotatable bonds is 4. The minimum atomic E-state index is -0.349. The second-order valence-corrected chi connectivity index (χ2v) is 6.04. The molecule has 0 aromatic heterocycles. The summed E-state index contributed by atoms with van der Waals surface area (Å²) < 4.78 is 0. The first-order valence-corrected chi connectivity index (χ1v) is 7.96. The maximum atomic E-state index is 12.4. The van der Waals surface area contributed by atoms with Gasteiger partial charge in [-0.3, -0.25) is 9.59 Å². The standard InChI is InChI=1S/C18H19N3O2/c19-12-14-4-1-3-13(11-14)6-9-17(22)21-10-2-5-16(21)18(23)20-15-7-8-15/h1,3-4,6,9,11,15-16H,2,5,7-8,10H2,(H,20,23)/b9-6+. The van der Waals surface area contributed by atoms with Gasteiger partial charge in [-0.2, -0.15) is 5.26 Å². The van der Waals surface area contributed by atoms with E-state index in [-0.39, 0.29) is 17.9 Å². The number of nitrogens with zero attached hydrogens (tertiary/aromatic N) is 2. The molecule has 1 heterocycles. The predicted molar refractivity (Wildman–Crippen MR) is 86.1 cm³/mol. The lowest BCUT2D eigenvalue weighted by Crippen LogP contribution is -2.46. The van der Waals surface area contributed by atoms with Crippen molar-refractivity contribution in [1.82, 2.24) is 10.2 Å². The molecule has 1 unspecified atom stereocenters. The number of hydrogen-bond acceptors (Lipinski definition) is 3. The van der Waals surface area contributed by atoms with E-state index in [2.05, 4.69) is 11.4 Å². The Morgan fingerprint density at radius 1 is 1.30 bits per heavy atom. The van der Waals surface area contributed by atoms with Crippen LogP contribution in [0.2, 0.25) is 0 Å². The average Bonchev–Trinajstić information content (AvgIpc) is 3.24. The number of likely N-dealkylation sites (tertiary alicyclic amines) is 1. The van der Waals surface area contributed by atoms with Crippen LogP contribution < -0.4 is 5.32 Å². The molecule has 2 amide bonds. The van der Waals surface area contributed by atoms with E-state index < -0.39 is 0 Å². The molecule has 1 aliphatic carbocycles. The van der Waals surface area contributed by atoms with Gasteiger partial charge in [-0.15, -0.1) is 0 Å². The van der Waals surface area contributed by atoms with E-state index in [4.69, 9.17) is 5.26 Å². The zero-order valence-electron chi connectivity index (χ0n) is 12.9. The third kappa shape index (κ3) is 3.78. The van der Waals surface area contributed by atoms with Crippen molar-refractivity contribution >= 4 is 17.9 Å². The summed E-state index contributed by atoms with van der Waals surface area (Å²) >= 11 is 0. The van der Waals surface area contributed by atoms with Crippen LogP contribution in [-0.2, 0) is 9.59 Å². The highest BCUT2D eigenvalue weighted by atomic mass is 16.2. The summed E-state index contributed by atoms with van der Waals surface area (Å²) in [5, 5.41) is 11.9. The fourth-order valence-corrected chi connectivity index (χ4v) is 2.80. The zero-order chi connectivity index (χ0) is 16.2. The monoisotopic (exact) mass is 309 g/mol. The topological polar surface area (TPSA) is 73.2 Å². The van der Waals surface area contributed by atoms with Crippen molar-refractivity contribution in [3.05, 3.63) is 41.5 Å². The molecule has 1 aliphatic heterocycles. The summed E-state index contributed by atoms with van der Waals surface area (Å²) in [5.41, 5.74) is 1.36. The zero-order valence-corrected chi connectivity index (χ0v) is 12.9. The molecule has 3 rings (SSSR count). The Bertz CT molecular complexity index is 686. The molecule has 23 heavy (non-hydrogen) atoms. The van der Waals surface area contributed by atoms with Crippen LogP contribution in [0.3, 0.4) is 0 Å². The summed E-state index contributed by atoms with van der Waals surface area (Å²) in [6.07, 6.45) is 6.84. The molecule has 2 aliphatic rings. The van der Waals surface area contributed by atoms with Gasteiger partial charge in [-0.25, -0.2) is 0 Å². The van der Waals surface area contributed by atoms with E-state index in [9.17, 15) is 9.59 Å². The van der Waals surface area contributed by atoms with Gasteiger partial charge in [0.2, 0.25) is 11.8 Å². The van der Waals surface area contributed by atoms with Crippen LogP contribution in [0.1, 0.15) is 36.8 Å². The second-order valence-electron chi connectivity index (χ2n) is 6.04. The summed E-state index contributed by atoms with van der Waals surface area (Å²) in [5.74, 6) is -0.181. The Morgan fingerprint density at radius 3 is 2.87 bits per heavy atom. The lowest BCUT2D eigenvalue weighted by molar-refractivity contribution is -0.135. The third-order valence-corrected chi connectivity index (χ3v) is 4.20. The molecule has 0 radical (unpaired) electrons. The van der Waals surface area contributed by atoms with Crippen molar-refractivity contribution in [3.63, 3.8) is 0 Å². The maximum Gasteiger partial charge on any atom is 0.247 e. The van der Waals surface area contributed by atoms with Crippen LogP contribution in [0.25, 0.3) is 6.08 Å². The van der Waals surface area contributed by atoms with E-state index >= 15 is 0 Å². The van der Waals surface area contributed by atoms with Crippen LogP contribution >= 0.6 is 0 Å². The molecule has 0 spiro atoms. The van der Waals surface area contributed by atoms with Crippen molar-refractivity contribution in [1.29, 1.82) is 5.26 Å². The van der Waals surface area contributed by atoms with Gasteiger partial charge in [0.15, 0.2) is 0 Å². The minimum absolute atomic E-state index is 0.0294. The largest absolute Gasteiger partial charge is 0.352 e. The molecule has 1 saturated carbocycles. The molecular weight excluding hydrogens is 290 g/mol. The molecule has 118 valence electrons. The van der Waals surface area contributed by atoms with Gasteiger partial charge in [0.1, 0.15) is 6.04 Å². The van der Waals surface area contributed by atoms with Gasteiger partial charge < -0.3 is 10.2 Å². The van der Waals surface area contributed by atoms with Crippen LogP contribution in [0, 0.1) is 11.3 Å². The van der Waals surface area contributed by atoms with Gasteiger partial charge >= 0.3 is 0 Å². The fourth-order valence-electron chi connectivity index (χ4n) is 2.80. The van der Waals surface area contributed by atoms with Crippen LogP contribution in [-0.4, -0.2) is 35.3 Å². The number of benzene rings is 1. The maximum absolute atomic E-state index is 12.4. The molecule has 2 fully saturated rings. The Balaban J connectivity index is 1.65. The van der Waals surface area contributed by atoms with Crippen molar-refractivity contribution < 1.29 is 9.59 Å². The highest BCUT2D eigenvalue weighted by Crippen LogP contribution is 2.22. The second kappa shape index (κ2) is 6.66. The molecule has 5 nitrogen and oxygen atoms in total. The van der Waals surface area contributed by atoms with Crippen LogP contribution in [0.4, 0.5) is 0 Å². The van der Waals surface area contributed by atoms with Crippen LogP contribution in [0.5, 0.6) is 0 Å². The minimum Gasteiger partial charge on any atom is -0.352 e. The SMILES string of the molecule is N#Cc1cccc(/C=C/C(=O)N2CCCC2C(=O)NC2CC2)c1. The number of amides is 2. The van der Waals surface area contributed by atoms with Crippen molar-refractivity contribution in [2.45, 2.75) is 37.8 Å². The molecule has 1 N–H and O–H groups in total. The van der Waals surface area contributed by atoms with E-state index in [1.807, 2.05) is 6.07 Å². The summed E-state index contributed by atoms with van der Waals surface area (Å²) in [6, 6.07) is 9.10. The Kier molecular flexibility index (Phi) is 4.42. The molecule has 0 bridgehead atoms. The highest BCUT2D eigenvalue weighted by Gasteiger charge is 2.35. The van der Waals surface area contributed by atoms with Gasteiger partial charge in [0.25, 0.3) is 0 Å². The van der Waals surface area contributed by atoms with Gasteiger partial charge in [-0.1, -0.05) is 12.1 Å². The first-order valence-electron chi connectivity index (χ1n) is 7.96. The first-order chi connectivity index (χ1) is 11.2. The van der Waals surface area contributed by atoms with Crippen LogP contribution in [0.15, 0.2) is 30.3 Å². The molecule has 5 heteroatoms. The van der Waals surface area contributed by atoms with Gasteiger partial charge in [0, 0.05) is 18.7 Å².